The van der Waals surface area contributed by atoms with E-state index in [1.54, 1.807) is 0 Å². The Bertz CT molecular complexity index is 213. The van der Waals surface area contributed by atoms with Crippen molar-refractivity contribution in [3.8, 4) is 0 Å². The van der Waals surface area contributed by atoms with Crippen LogP contribution in [0.3, 0.4) is 0 Å². The second-order valence-corrected chi connectivity index (χ2v) is 5.35. The second kappa shape index (κ2) is 7.48. The highest BCUT2D eigenvalue weighted by atomic mass is 32.2. The molecule has 0 radical (unpaired) electrons. The fourth-order valence-corrected chi connectivity index (χ4v) is 3.49. The molecule has 102 valence electrons. The Balaban J connectivity index is 2.06. The Hall–Kier alpha value is 0.0600. The van der Waals surface area contributed by atoms with Crippen molar-refractivity contribution in [2.45, 2.75) is 32.0 Å². The highest BCUT2D eigenvalue weighted by molar-refractivity contribution is 7.99. The summed E-state index contributed by atoms with van der Waals surface area (Å²) >= 11 is 1.91. The molecule has 0 spiro atoms. The van der Waals surface area contributed by atoms with E-state index in [-0.39, 0.29) is 6.61 Å². The van der Waals surface area contributed by atoms with Gasteiger partial charge in [-0.05, 0) is 31.1 Å². The van der Waals surface area contributed by atoms with E-state index in [9.17, 15) is 13.2 Å². The van der Waals surface area contributed by atoms with E-state index in [0.29, 0.717) is 18.4 Å². The Morgan fingerprint density at radius 2 is 2.12 bits per heavy atom. The summed E-state index contributed by atoms with van der Waals surface area (Å²) in [6.45, 7) is 2.11. The maximum atomic E-state index is 11.8. The largest absolute Gasteiger partial charge is 0.411 e. The van der Waals surface area contributed by atoms with Gasteiger partial charge in [-0.25, -0.2) is 0 Å². The molecule has 1 N–H and O–H groups in total. The first-order valence-corrected chi connectivity index (χ1v) is 7.14. The van der Waals surface area contributed by atoms with Crippen LogP contribution in [0, 0.1) is 5.92 Å². The first-order chi connectivity index (χ1) is 8.03. The van der Waals surface area contributed by atoms with Gasteiger partial charge in [-0.15, -0.1) is 0 Å². The Labute approximate surface area is 105 Å². The molecule has 2 atom stereocenters. The second-order valence-electron chi connectivity index (χ2n) is 4.27. The lowest BCUT2D eigenvalue weighted by Crippen LogP contribution is -2.35. The Morgan fingerprint density at radius 1 is 1.35 bits per heavy atom. The Kier molecular flexibility index (Phi) is 6.66. The average Bonchev–Trinajstić information content (AvgIpc) is 2.64. The summed E-state index contributed by atoms with van der Waals surface area (Å²) in [5.41, 5.74) is 0. The average molecular weight is 271 g/mol. The van der Waals surface area contributed by atoms with Gasteiger partial charge < -0.3 is 10.1 Å². The van der Waals surface area contributed by atoms with Crippen molar-refractivity contribution in [2.75, 3.05) is 31.3 Å². The minimum Gasteiger partial charge on any atom is -0.372 e. The van der Waals surface area contributed by atoms with E-state index < -0.39 is 12.8 Å². The minimum absolute atomic E-state index is 0.208. The van der Waals surface area contributed by atoms with Crippen LogP contribution < -0.4 is 5.32 Å². The third kappa shape index (κ3) is 6.52. The van der Waals surface area contributed by atoms with Crippen LogP contribution >= 0.6 is 11.8 Å². The molecular formula is C11H20F3NOS. The predicted molar refractivity (Wildman–Crippen MR) is 64.4 cm³/mol. The molecule has 0 bridgehead atoms. The lowest BCUT2D eigenvalue weighted by atomic mass is 9.98. The number of ether oxygens (including phenoxy) is 1. The van der Waals surface area contributed by atoms with Crippen LogP contribution in [0.25, 0.3) is 0 Å². The number of thioether (sulfide) groups is 1. The summed E-state index contributed by atoms with van der Waals surface area (Å²) in [4.78, 5) is 0. The van der Waals surface area contributed by atoms with Crippen LogP contribution in [0.1, 0.15) is 19.8 Å². The normalized spacial score (nSPS) is 25.4. The zero-order valence-corrected chi connectivity index (χ0v) is 10.9. The van der Waals surface area contributed by atoms with Crippen molar-refractivity contribution in [3.05, 3.63) is 0 Å². The van der Waals surface area contributed by atoms with Crippen LogP contribution in [0.15, 0.2) is 0 Å². The molecule has 0 aromatic carbocycles. The quantitative estimate of drug-likeness (QED) is 0.719. The van der Waals surface area contributed by atoms with Crippen molar-refractivity contribution in [2.24, 2.45) is 5.92 Å². The lowest BCUT2D eigenvalue weighted by molar-refractivity contribution is -0.174. The zero-order valence-electron chi connectivity index (χ0n) is 10.1. The van der Waals surface area contributed by atoms with Gasteiger partial charge in [-0.1, -0.05) is 6.92 Å². The maximum absolute atomic E-state index is 11.8. The molecular weight excluding hydrogens is 251 g/mol. The molecule has 1 rings (SSSR count). The number of hydrogen-bond donors (Lipinski definition) is 1. The molecule has 17 heavy (non-hydrogen) atoms. The van der Waals surface area contributed by atoms with Crippen LogP contribution in [0.2, 0.25) is 0 Å². The van der Waals surface area contributed by atoms with Gasteiger partial charge in [0, 0.05) is 18.4 Å². The van der Waals surface area contributed by atoms with Gasteiger partial charge in [-0.3, -0.25) is 0 Å². The molecule has 0 amide bonds. The summed E-state index contributed by atoms with van der Waals surface area (Å²) < 4.78 is 40.0. The van der Waals surface area contributed by atoms with E-state index in [2.05, 4.69) is 17.0 Å². The van der Waals surface area contributed by atoms with E-state index >= 15 is 0 Å². The van der Waals surface area contributed by atoms with Crippen molar-refractivity contribution in [1.82, 2.24) is 5.32 Å². The topological polar surface area (TPSA) is 21.3 Å². The lowest BCUT2D eigenvalue weighted by Gasteiger charge is -2.19. The number of hydrogen-bond acceptors (Lipinski definition) is 3. The van der Waals surface area contributed by atoms with E-state index in [1.807, 2.05) is 11.8 Å². The van der Waals surface area contributed by atoms with Crippen LogP contribution in [-0.2, 0) is 4.74 Å². The number of rotatable bonds is 7. The highest BCUT2D eigenvalue weighted by Crippen LogP contribution is 2.27. The molecule has 0 aliphatic carbocycles. The summed E-state index contributed by atoms with van der Waals surface area (Å²) in [5.74, 6) is 2.80. The van der Waals surface area contributed by atoms with E-state index in [0.717, 1.165) is 24.5 Å². The number of halogens is 3. The molecule has 2 nitrogen and oxygen atoms in total. The van der Waals surface area contributed by atoms with Crippen LogP contribution in [-0.4, -0.2) is 43.5 Å². The van der Waals surface area contributed by atoms with Gasteiger partial charge in [0.15, 0.2) is 0 Å². The smallest absolute Gasteiger partial charge is 0.372 e. The van der Waals surface area contributed by atoms with Crippen LogP contribution in [0.4, 0.5) is 13.2 Å². The number of nitrogens with one attached hydrogen (secondary N) is 1. The molecule has 2 unspecified atom stereocenters. The first kappa shape index (κ1) is 15.1. The molecule has 1 aliphatic heterocycles. The molecule has 6 heteroatoms. The third-order valence-corrected chi connectivity index (χ3v) is 4.05. The predicted octanol–water partition coefficient (Wildman–Crippen LogP) is 2.69. The molecule has 1 aliphatic rings. The summed E-state index contributed by atoms with van der Waals surface area (Å²) in [7, 11) is 0. The van der Waals surface area contributed by atoms with Gasteiger partial charge >= 0.3 is 6.18 Å². The fourth-order valence-electron chi connectivity index (χ4n) is 2.01. The molecule has 0 saturated carbocycles. The van der Waals surface area contributed by atoms with Gasteiger partial charge in [-0.2, -0.15) is 24.9 Å². The maximum Gasteiger partial charge on any atom is 0.411 e. The Morgan fingerprint density at radius 3 is 2.76 bits per heavy atom. The molecule has 0 aromatic heterocycles. The molecule has 1 fully saturated rings. The van der Waals surface area contributed by atoms with Crippen LogP contribution in [0.5, 0.6) is 0 Å². The SMILES string of the molecule is CCNC1CSCC1CCCOCC(F)(F)F. The van der Waals surface area contributed by atoms with Gasteiger partial charge in [0.25, 0.3) is 0 Å². The minimum atomic E-state index is -4.20. The molecule has 1 heterocycles. The van der Waals surface area contributed by atoms with Crippen molar-refractivity contribution >= 4 is 11.8 Å². The van der Waals surface area contributed by atoms with E-state index in [1.165, 1.54) is 0 Å². The fraction of sp³-hybridized carbons (Fsp3) is 1.00. The van der Waals surface area contributed by atoms with Gasteiger partial charge in [0.1, 0.15) is 6.61 Å². The summed E-state index contributed by atoms with van der Waals surface area (Å²) in [6.07, 6.45) is -2.54. The van der Waals surface area contributed by atoms with Gasteiger partial charge in [0.2, 0.25) is 0 Å². The molecule has 1 saturated heterocycles. The third-order valence-electron chi connectivity index (χ3n) is 2.79. The van der Waals surface area contributed by atoms with Crippen molar-refractivity contribution in [3.63, 3.8) is 0 Å². The monoisotopic (exact) mass is 271 g/mol. The summed E-state index contributed by atoms with van der Waals surface area (Å²) in [6, 6.07) is 0.521. The van der Waals surface area contributed by atoms with Gasteiger partial charge in [0.05, 0.1) is 0 Å². The standard InChI is InChI=1S/C11H20F3NOS/c1-2-15-10-7-17-6-9(10)4-3-5-16-8-11(12,13)14/h9-10,15H,2-8H2,1H3. The van der Waals surface area contributed by atoms with Crippen molar-refractivity contribution in [1.29, 1.82) is 0 Å². The highest BCUT2D eigenvalue weighted by Gasteiger charge is 2.28. The molecule has 0 aromatic rings. The number of alkyl halides is 3. The van der Waals surface area contributed by atoms with E-state index in [4.69, 9.17) is 0 Å². The first-order valence-electron chi connectivity index (χ1n) is 5.98. The van der Waals surface area contributed by atoms with Crippen molar-refractivity contribution < 1.29 is 17.9 Å². The summed E-state index contributed by atoms with van der Waals surface area (Å²) in [5, 5.41) is 3.42. The zero-order chi connectivity index (χ0) is 12.7.